The molecule has 0 aromatic carbocycles. The zero-order valence-corrected chi connectivity index (χ0v) is 10.9. The van der Waals surface area contributed by atoms with E-state index in [4.69, 9.17) is 9.47 Å². The van der Waals surface area contributed by atoms with E-state index in [0.29, 0.717) is 23.3 Å². The van der Waals surface area contributed by atoms with Gasteiger partial charge in [-0.1, -0.05) is 0 Å². The average Bonchev–Trinajstić information content (AvgIpc) is 2.35. The molecule has 2 atom stereocenters. The van der Waals surface area contributed by atoms with Crippen LogP contribution < -0.4 is 0 Å². The summed E-state index contributed by atoms with van der Waals surface area (Å²) < 4.78 is 9.93. The second-order valence-electron chi connectivity index (χ2n) is 3.95. The van der Waals surface area contributed by atoms with Crippen molar-refractivity contribution in [3.05, 3.63) is 11.3 Å². The van der Waals surface area contributed by atoms with Crippen molar-refractivity contribution < 1.29 is 23.9 Å². The van der Waals surface area contributed by atoms with Gasteiger partial charge in [-0.3, -0.25) is 19.3 Å². The number of nitrogens with zero attached hydrogens (tertiary/aromatic N) is 1. The Morgan fingerprint density at radius 2 is 2.33 bits per heavy atom. The third kappa shape index (κ3) is 2.04. The highest BCUT2D eigenvalue weighted by atomic mass is 32.2. The number of allylic oxidation sites excluding steroid dienone is 1. The number of ether oxygens (including phenoxy) is 2. The number of thioether (sulfide) groups is 1. The van der Waals surface area contributed by atoms with Gasteiger partial charge >= 0.3 is 5.97 Å². The Morgan fingerprint density at radius 3 is 2.89 bits per heavy atom. The van der Waals surface area contributed by atoms with Crippen molar-refractivity contribution in [1.82, 2.24) is 4.90 Å². The fourth-order valence-corrected chi connectivity index (χ4v) is 3.32. The first-order valence-electron chi connectivity index (χ1n) is 5.38. The molecule has 2 aliphatic heterocycles. The Hall–Kier alpha value is -1.34. The van der Waals surface area contributed by atoms with Crippen LogP contribution in [0.25, 0.3) is 0 Å². The van der Waals surface area contributed by atoms with E-state index in [-0.39, 0.29) is 17.9 Å². The molecule has 18 heavy (non-hydrogen) atoms. The molecule has 0 aromatic rings. The monoisotopic (exact) mass is 271 g/mol. The molecular weight excluding hydrogens is 258 g/mol. The molecule has 1 amide bonds. The van der Waals surface area contributed by atoms with E-state index in [1.54, 1.807) is 0 Å². The van der Waals surface area contributed by atoms with E-state index in [9.17, 15) is 14.4 Å². The number of hydrogen-bond acceptors (Lipinski definition) is 6. The minimum Gasteiger partial charge on any atom is -0.461 e. The predicted octanol–water partition coefficient (Wildman–Crippen LogP) is -0.0674. The highest BCUT2D eigenvalue weighted by molar-refractivity contribution is 8.00. The van der Waals surface area contributed by atoms with Gasteiger partial charge in [-0.2, -0.15) is 0 Å². The van der Waals surface area contributed by atoms with Crippen LogP contribution in [0.4, 0.5) is 0 Å². The van der Waals surface area contributed by atoms with E-state index >= 15 is 0 Å². The van der Waals surface area contributed by atoms with Crippen molar-refractivity contribution in [3.8, 4) is 0 Å². The van der Waals surface area contributed by atoms with Crippen LogP contribution in [0.2, 0.25) is 0 Å². The normalized spacial score (nSPS) is 26.6. The summed E-state index contributed by atoms with van der Waals surface area (Å²) in [5.41, 5.74) is 0.961. The highest BCUT2D eigenvalue weighted by Crippen LogP contribution is 2.40. The molecular formula is C11H13NO5S. The summed E-state index contributed by atoms with van der Waals surface area (Å²) in [7, 11) is 1.47. The fraction of sp³-hybridized carbons (Fsp3) is 0.545. The number of rotatable bonds is 4. The molecule has 0 N–H and O–H groups in total. The van der Waals surface area contributed by atoms with Gasteiger partial charge in [0.2, 0.25) is 0 Å². The van der Waals surface area contributed by atoms with Gasteiger partial charge in [0, 0.05) is 25.4 Å². The summed E-state index contributed by atoms with van der Waals surface area (Å²) in [6.07, 6.45) is 0.148. The molecule has 1 saturated heterocycles. The maximum Gasteiger partial charge on any atom is 0.302 e. The maximum atomic E-state index is 11.8. The van der Waals surface area contributed by atoms with E-state index in [1.165, 1.54) is 30.7 Å². The Bertz CT molecular complexity index is 433. The van der Waals surface area contributed by atoms with Crippen LogP contribution in [0.3, 0.4) is 0 Å². The second-order valence-corrected chi connectivity index (χ2v) is 5.06. The minimum atomic E-state index is -0.486. The quantitative estimate of drug-likeness (QED) is 0.405. The van der Waals surface area contributed by atoms with Gasteiger partial charge in [0.05, 0.1) is 5.70 Å². The van der Waals surface area contributed by atoms with E-state index in [0.717, 1.165) is 0 Å². The first-order valence-corrected chi connectivity index (χ1v) is 6.43. The lowest BCUT2D eigenvalue weighted by molar-refractivity contribution is -0.159. The third-order valence-electron chi connectivity index (χ3n) is 2.86. The van der Waals surface area contributed by atoms with Crippen molar-refractivity contribution in [2.45, 2.75) is 18.4 Å². The SMILES string of the molecule is COC1C(=O)N2C(C=O)=C(COC(C)=O)CSC12. The number of hydrogen-bond donors (Lipinski definition) is 0. The van der Waals surface area contributed by atoms with Gasteiger partial charge in [0.25, 0.3) is 5.91 Å². The van der Waals surface area contributed by atoms with Crippen LogP contribution >= 0.6 is 11.8 Å². The summed E-state index contributed by atoms with van der Waals surface area (Å²) in [6.45, 7) is 1.35. The number of fused-ring (bicyclic) bond motifs is 1. The molecule has 0 spiro atoms. The lowest BCUT2D eigenvalue weighted by Crippen LogP contribution is -2.65. The molecule has 1 fully saturated rings. The molecule has 0 bridgehead atoms. The molecule has 0 saturated carbocycles. The van der Waals surface area contributed by atoms with Crippen LogP contribution in [0.5, 0.6) is 0 Å². The molecule has 7 heteroatoms. The number of carbonyl (C=O) groups is 3. The number of β-lactam (4-membered cyclic amide) rings is 1. The number of aldehydes is 1. The van der Waals surface area contributed by atoms with Crippen LogP contribution in [0.1, 0.15) is 6.92 Å². The van der Waals surface area contributed by atoms with Gasteiger partial charge in [0.15, 0.2) is 12.4 Å². The molecule has 0 aliphatic carbocycles. The molecule has 6 nitrogen and oxygen atoms in total. The number of esters is 1. The molecule has 2 aliphatic rings. The van der Waals surface area contributed by atoms with Gasteiger partial charge in [-0.15, -0.1) is 11.8 Å². The van der Waals surface area contributed by atoms with E-state index < -0.39 is 12.1 Å². The van der Waals surface area contributed by atoms with Crippen molar-refractivity contribution in [2.75, 3.05) is 19.5 Å². The number of amides is 1. The first-order chi connectivity index (χ1) is 8.60. The maximum absolute atomic E-state index is 11.8. The fourth-order valence-electron chi connectivity index (χ4n) is 1.95. The summed E-state index contributed by atoms with van der Waals surface area (Å²) in [5, 5.41) is -0.149. The Labute approximate surface area is 108 Å². The van der Waals surface area contributed by atoms with Crippen molar-refractivity contribution in [3.63, 3.8) is 0 Å². The van der Waals surface area contributed by atoms with Gasteiger partial charge < -0.3 is 9.47 Å². The first kappa shape index (κ1) is 13.1. The summed E-state index contributed by atoms with van der Waals surface area (Å²) in [4.78, 5) is 35.0. The zero-order valence-electron chi connectivity index (χ0n) is 10.0. The van der Waals surface area contributed by atoms with Gasteiger partial charge in [0.1, 0.15) is 12.0 Å². The molecule has 2 unspecified atom stereocenters. The minimum absolute atomic E-state index is 0.0462. The summed E-state index contributed by atoms with van der Waals surface area (Å²) in [6, 6.07) is 0. The van der Waals surface area contributed by atoms with Crippen LogP contribution in [-0.4, -0.2) is 54.0 Å². The van der Waals surface area contributed by atoms with E-state index in [2.05, 4.69) is 0 Å². The van der Waals surface area contributed by atoms with Crippen molar-refractivity contribution >= 4 is 29.9 Å². The standard InChI is InChI=1S/C11H13NO5S/c1-6(14)17-4-7-5-18-11-9(16-2)10(15)12(11)8(7)3-13/h3,9,11H,4-5H2,1-2H3. The molecule has 0 radical (unpaired) electrons. The van der Waals surface area contributed by atoms with Gasteiger partial charge in [-0.05, 0) is 0 Å². The average molecular weight is 271 g/mol. The Kier molecular flexibility index (Phi) is 3.72. The second kappa shape index (κ2) is 5.11. The number of methoxy groups -OCH3 is 1. The van der Waals surface area contributed by atoms with Crippen molar-refractivity contribution in [2.24, 2.45) is 0 Å². The van der Waals surface area contributed by atoms with Crippen molar-refractivity contribution in [1.29, 1.82) is 0 Å². The zero-order chi connectivity index (χ0) is 13.3. The lowest BCUT2D eigenvalue weighted by Gasteiger charge is -2.48. The number of carbonyl (C=O) groups excluding carboxylic acids is 3. The highest BCUT2D eigenvalue weighted by Gasteiger charge is 2.52. The third-order valence-corrected chi connectivity index (χ3v) is 4.17. The van der Waals surface area contributed by atoms with Crippen LogP contribution in [0, 0.1) is 0 Å². The molecule has 2 rings (SSSR count). The van der Waals surface area contributed by atoms with Crippen LogP contribution in [0.15, 0.2) is 11.3 Å². The topological polar surface area (TPSA) is 72.9 Å². The molecule has 2 heterocycles. The van der Waals surface area contributed by atoms with Crippen LogP contribution in [-0.2, 0) is 23.9 Å². The summed E-state index contributed by atoms with van der Waals surface area (Å²) >= 11 is 1.50. The smallest absolute Gasteiger partial charge is 0.302 e. The molecule has 98 valence electrons. The lowest BCUT2D eigenvalue weighted by atomic mass is 10.1. The largest absolute Gasteiger partial charge is 0.461 e. The summed E-state index contributed by atoms with van der Waals surface area (Å²) in [5.74, 6) is -0.0861. The Morgan fingerprint density at radius 1 is 1.61 bits per heavy atom. The molecule has 0 aromatic heterocycles. The predicted molar refractivity (Wildman–Crippen MR) is 63.6 cm³/mol. The van der Waals surface area contributed by atoms with E-state index in [1.807, 2.05) is 0 Å². The Balaban J connectivity index is 2.17. The van der Waals surface area contributed by atoms with Gasteiger partial charge in [-0.25, -0.2) is 0 Å².